The third-order valence-corrected chi connectivity index (χ3v) is 5.10. The van der Waals surface area contributed by atoms with Crippen LogP contribution in [-0.2, 0) is 4.79 Å². The smallest absolute Gasteiger partial charge is 0.252 e. The second-order valence-electron chi connectivity index (χ2n) is 6.76. The molecule has 0 spiro atoms. The van der Waals surface area contributed by atoms with Crippen LogP contribution in [0.4, 0.5) is 0 Å². The summed E-state index contributed by atoms with van der Waals surface area (Å²) in [6, 6.07) is 5.45. The number of nitrogens with one attached hydrogen (secondary N) is 1. The van der Waals surface area contributed by atoms with Crippen LogP contribution < -0.4 is 10.1 Å². The van der Waals surface area contributed by atoms with Crippen LogP contribution in [0.5, 0.6) is 5.75 Å². The monoisotopic (exact) mass is 331 g/mol. The van der Waals surface area contributed by atoms with E-state index < -0.39 is 5.54 Å². The van der Waals surface area contributed by atoms with Crippen molar-refractivity contribution in [3.63, 3.8) is 0 Å². The summed E-state index contributed by atoms with van der Waals surface area (Å²) >= 11 is 0. The van der Waals surface area contributed by atoms with Crippen molar-refractivity contribution in [2.75, 3.05) is 7.11 Å². The van der Waals surface area contributed by atoms with Gasteiger partial charge in [0.25, 0.3) is 5.91 Å². The minimum Gasteiger partial charge on any atom is -0.496 e. The normalized spacial score (nSPS) is 16.5. The lowest BCUT2D eigenvalue weighted by atomic mass is 9.77. The molecule has 1 N–H and O–H groups in total. The predicted molar refractivity (Wildman–Crippen MR) is 95.5 cm³/mol. The van der Waals surface area contributed by atoms with Crippen molar-refractivity contribution in [1.29, 1.82) is 0 Å². The van der Waals surface area contributed by atoms with Crippen molar-refractivity contribution >= 4 is 11.7 Å². The van der Waals surface area contributed by atoms with Crippen LogP contribution in [0.25, 0.3) is 0 Å². The molecule has 1 saturated carbocycles. The highest BCUT2D eigenvalue weighted by atomic mass is 16.5. The van der Waals surface area contributed by atoms with Gasteiger partial charge in [0.2, 0.25) is 0 Å². The van der Waals surface area contributed by atoms with Crippen molar-refractivity contribution in [2.24, 2.45) is 0 Å². The van der Waals surface area contributed by atoms with Crippen molar-refractivity contribution < 1.29 is 14.3 Å². The average Bonchev–Trinajstić information content (AvgIpc) is 2.60. The summed E-state index contributed by atoms with van der Waals surface area (Å²) in [6.07, 6.45) is 7.06. The molecule has 1 fully saturated rings. The van der Waals surface area contributed by atoms with E-state index in [-0.39, 0.29) is 11.7 Å². The van der Waals surface area contributed by atoms with Gasteiger partial charge >= 0.3 is 0 Å². The van der Waals surface area contributed by atoms with Gasteiger partial charge < -0.3 is 10.1 Å². The number of rotatable bonds is 7. The van der Waals surface area contributed by atoms with Gasteiger partial charge in [-0.05, 0) is 38.3 Å². The van der Waals surface area contributed by atoms with Crippen LogP contribution >= 0.6 is 0 Å². The zero-order chi connectivity index (χ0) is 17.6. The Kier molecular flexibility index (Phi) is 6.41. The third kappa shape index (κ3) is 3.97. The summed E-state index contributed by atoms with van der Waals surface area (Å²) in [4.78, 5) is 25.7. The molecule has 0 unspecified atom stereocenters. The number of ketones is 1. The summed E-state index contributed by atoms with van der Waals surface area (Å²) in [5.41, 5.74) is 0.715. The fourth-order valence-corrected chi connectivity index (χ4v) is 3.57. The number of carbonyl (C=O) groups excluding carboxylic acids is 2. The lowest BCUT2D eigenvalue weighted by molar-refractivity contribution is -0.126. The number of methoxy groups -OCH3 is 1. The number of amides is 1. The maximum atomic E-state index is 12.9. The molecule has 0 radical (unpaired) electrons. The van der Waals surface area contributed by atoms with Gasteiger partial charge in [-0.25, -0.2) is 0 Å². The van der Waals surface area contributed by atoms with Crippen LogP contribution in [0.15, 0.2) is 18.2 Å². The molecule has 1 aliphatic rings. The van der Waals surface area contributed by atoms with E-state index in [4.69, 9.17) is 4.74 Å². The van der Waals surface area contributed by atoms with Gasteiger partial charge in [0, 0.05) is 17.5 Å². The maximum absolute atomic E-state index is 12.9. The Morgan fingerprint density at radius 3 is 2.54 bits per heavy atom. The number of Topliss-reactive ketones (excluding diaryl/α,β-unsaturated/α-hetero) is 1. The fraction of sp³-hybridized carbons (Fsp3) is 0.600. The van der Waals surface area contributed by atoms with Crippen LogP contribution in [0.2, 0.25) is 0 Å². The molecule has 0 aromatic heterocycles. The maximum Gasteiger partial charge on any atom is 0.252 e. The third-order valence-electron chi connectivity index (χ3n) is 5.10. The SMILES string of the molecule is CCCCC(=O)C1(NC(=O)c2cccc(OC)c2C)CCCCC1. The van der Waals surface area contributed by atoms with Crippen molar-refractivity contribution in [3.05, 3.63) is 29.3 Å². The van der Waals surface area contributed by atoms with Crippen LogP contribution in [0, 0.1) is 6.92 Å². The van der Waals surface area contributed by atoms with E-state index in [9.17, 15) is 9.59 Å². The van der Waals surface area contributed by atoms with Gasteiger partial charge in [0.1, 0.15) is 5.75 Å². The number of hydrogen-bond acceptors (Lipinski definition) is 3. The Morgan fingerprint density at radius 1 is 1.21 bits per heavy atom. The summed E-state index contributed by atoms with van der Waals surface area (Å²) in [5, 5.41) is 3.11. The van der Waals surface area contributed by atoms with E-state index in [2.05, 4.69) is 12.2 Å². The van der Waals surface area contributed by atoms with E-state index in [1.165, 1.54) is 0 Å². The minimum atomic E-state index is -0.681. The molecule has 24 heavy (non-hydrogen) atoms. The summed E-state index contributed by atoms with van der Waals surface area (Å²) < 4.78 is 5.30. The largest absolute Gasteiger partial charge is 0.496 e. The Morgan fingerprint density at radius 2 is 1.92 bits per heavy atom. The molecule has 0 aliphatic heterocycles. The van der Waals surface area contributed by atoms with E-state index >= 15 is 0 Å². The van der Waals surface area contributed by atoms with Crippen LogP contribution in [0.3, 0.4) is 0 Å². The molecule has 1 aromatic rings. The van der Waals surface area contributed by atoms with Gasteiger partial charge in [-0.1, -0.05) is 38.7 Å². The first-order chi connectivity index (χ1) is 11.5. The molecule has 0 bridgehead atoms. The summed E-state index contributed by atoms with van der Waals surface area (Å²) in [6.45, 7) is 3.96. The fourth-order valence-electron chi connectivity index (χ4n) is 3.57. The number of ether oxygens (including phenoxy) is 1. The molecule has 1 aliphatic carbocycles. The molecule has 4 heteroatoms. The number of hydrogen-bond donors (Lipinski definition) is 1. The average molecular weight is 331 g/mol. The van der Waals surface area contributed by atoms with Crippen molar-refractivity contribution in [3.8, 4) is 5.75 Å². The summed E-state index contributed by atoms with van der Waals surface area (Å²) in [7, 11) is 1.60. The standard InChI is InChI=1S/C20H29NO3/c1-4-5-12-18(22)20(13-7-6-8-14-20)21-19(23)16-10-9-11-17(24-3)15(16)2/h9-11H,4-8,12-14H2,1-3H3,(H,21,23). The Labute approximate surface area is 145 Å². The zero-order valence-corrected chi connectivity index (χ0v) is 15.1. The molecule has 132 valence electrons. The lowest BCUT2D eigenvalue weighted by Gasteiger charge is -2.37. The topological polar surface area (TPSA) is 55.4 Å². The highest BCUT2D eigenvalue weighted by Crippen LogP contribution is 2.31. The number of carbonyl (C=O) groups is 2. The zero-order valence-electron chi connectivity index (χ0n) is 15.1. The molecular formula is C20H29NO3. The van der Waals surface area contributed by atoms with Crippen LogP contribution in [0.1, 0.15) is 74.2 Å². The molecule has 4 nitrogen and oxygen atoms in total. The number of benzene rings is 1. The van der Waals surface area contributed by atoms with E-state index in [0.29, 0.717) is 17.7 Å². The highest BCUT2D eigenvalue weighted by molar-refractivity contribution is 6.01. The Hall–Kier alpha value is -1.84. The predicted octanol–water partition coefficient (Wildman–Crippen LogP) is 4.20. The molecule has 1 amide bonds. The van der Waals surface area contributed by atoms with E-state index in [1.807, 2.05) is 19.1 Å². The van der Waals surface area contributed by atoms with Gasteiger partial charge in [0.05, 0.1) is 12.6 Å². The Balaban J connectivity index is 2.23. The molecule has 0 saturated heterocycles. The minimum absolute atomic E-state index is 0.168. The van der Waals surface area contributed by atoms with Gasteiger partial charge in [-0.3, -0.25) is 9.59 Å². The van der Waals surface area contributed by atoms with Crippen molar-refractivity contribution in [2.45, 2.75) is 70.8 Å². The first-order valence-electron chi connectivity index (χ1n) is 9.03. The molecule has 0 atom stereocenters. The van der Waals surface area contributed by atoms with Gasteiger partial charge in [-0.15, -0.1) is 0 Å². The second kappa shape index (κ2) is 8.32. The van der Waals surface area contributed by atoms with Crippen LogP contribution in [-0.4, -0.2) is 24.3 Å². The number of unbranched alkanes of at least 4 members (excludes halogenated alkanes) is 1. The van der Waals surface area contributed by atoms with E-state index in [1.54, 1.807) is 13.2 Å². The highest BCUT2D eigenvalue weighted by Gasteiger charge is 2.40. The van der Waals surface area contributed by atoms with Crippen molar-refractivity contribution in [1.82, 2.24) is 5.32 Å². The van der Waals surface area contributed by atoms with Gasteiger partial charge in [0.15, 0.2) is 5.78 Å². The van der Waals surface area contributed by atoms with Gasteiger partial charge in [-0.2, -0.15) is 0 Å². The first kappa shape index (κ1) is 18.5. The second-order valence-corrected chi connectivity index (χ2v) is 6.76. The molecular weight excluding hydrogens is 302 g/mol. The van der Waals surface area contributed by atoms with E-state index in [0.717, 1.165) is 50.5 Å². The Bertz CT molecular complexity index is 589. The lowest BCUT2D eigenvalue weighted by Crippen LogP contribution is -2.55. The molecule has 1 aromatic carbocycles. The first-order valence-corrected chi connectivity index (χ1v) is 9.03. The summed E-state index contributed by atoms with van der Waals surface area (Å²) in [5.74, 6) is 0.716. The molecule has 2 rings (SSSR count). The molecule has 0 heterocycles. The quantitative estimate of drug-likeness (QED) is 0.815.